The van der Waals surface area contributed by atoms with Crippen molar-refractivity contribution >= 4 is 17.7 Å². The first-order valence-corrected chi connectivity index (χ1v) is 4.19. The maximum absolute atomic E-state index is 10.8. The van der Waals surface area contributed by atoms with Crippen molar-refractivity contribution in [1.82, 2.24) is 4.90 Å². The Morgan fingerprint density at radius 2 is 2.00 bits per heavy atom. The summed E-state index contributed by atoms with van der Waals surface area (Å²) in [5, 5.41) is 0. The van der Waals surface area contributed by atoms with Crippen molar-refractivity contribution < 1.29 is 14.3 Å². The van der Waals surface area contributed by atoms with Crippen molar-refractivity contribution in [1.29, 1.82) is 0 Å². The molecule has 1 amide bonds. The van der Waals surface area contributed by atoms with Crippen molar-refractivity contribution in [3.05, 3.63) is 0 Å². The summed E-state index contributed by atoms with van der Waals surface area (Å²) in [6, 6.07) is 0. The van der Waals surface area contributed by atoms with Crippen LogP contribution in [0.15, 0.2) is 0 Å². The Kier molecular flexibility index (Phi) is 6.90. The molecule has 0 aliphatic rings. The number of amides is 1. The number of halogens is 1. The lowest BCUT2D eigenvalue weighted by atomic mass is 10.7. The van der Waals surface area contributed by atoms with E-state index in [1.807, 2.05) is 0 Å². The molecule has 5 heteroatoms. The highest BCUT2D eigenvalue weighted by Crippen LogP contribution is 1.86. The lowest BCUT2D eigenvalue weighted by Crippen LogP contribution is -2.24. The molecule has 0 fully saturated rings. The van der Waals surface area contributed by atoms with Crippen LogP contribution in [0.5, 0.6) is 0 Å². The van der Waals surface area contributed by atoms with E-state index in [2.05, 4.69) is 0 Å². The summed E-state index contributed by atoms with van der Waals surface area (Å²) < 4.78 is 9.75. The van der Waals surface area contributed by atoms with Crippen molar-refractivity contribution in [3.63, 3.8) is 0 Å². The Labute approximate surface area is 77.4 Å². The van der Waals surface area contributed by atoms with Gasteiger partial charge in [-0.3, -0.25) is 0 Å². The summed E-state index contributed by atoms with van der Waals surface area (Å²) in [5.41, 5.74) is 0. The molecule has 72 valence electrons. The lowest BCUT2D eigenvalue weighted by molar-refractivity contribution is 0.0671. The molecule has 0 rings (SSSR count). The van der Waals surface area contributed by atoms with Crippen LogP contribution in [0.3, 0.4) is 0 Å². The number of ether oxygens (including phenoxy) is 2. The number of alkyl halides is 1. The highest BCUT2D eigenvalue weighted by Gasteiger charge is 2.02. The van der Waals surface area contributed by atoms with Crippen LogP contribution < -0.4 is 0 Å². The minimum Gasteiger partial charge on any atom is -0.447 e. The molecule has 0 saturated heterocycles. The second-order valence-corrected chi connectivity index (χ2v) is 2.69. The molecule has 0 unspecified atom stereocenters. The number of hydrogen-bond donors (Lipinski definition) is 0. The Hall–Kier alpha value is -0.480. The Morgan fingerprint density at radius 1 is 1.33 bits per heavy atom. The van der Waals surface area contributed by atoms with Gasteiger partial charge in [0.2, 0.25) is 0 Å². The summed E-state index contributed by atoms with van der Waals surface area (Å²) in [7, 11) is 3.25. The van der Waals surface area contributed by atoms with Gasteiger partial charge in [0.1, 0.15) is 6.61 Å². The molecule has 0 aromatic heterocycles. The van der Waals surface area contributed by atoms with E-state index >= 15 is 0 Å². The largest absolute Gasteiger partial charge is 0.447 e. The third kappa shape index (κ3) is 6.24. The first-order chi connectivity index (χ1) is 5.68. The molecular formula is C7H14ClNO3. The Bertz CT molecular complexity index is 130. The third-order valence-electron chi connectivity index (χ3n) is 1.04. The lowest BCUT2D eigenvalue weighted by Gasteiger charge is -2.10. The van der Waals surface area contributed by atoms with Gasteiger partial charge in [0.25, 0.3) is 0 Å². The molecule has 0 atom stereocenters. The quantitative estimate of drug-likeness (QED) is 0.484. The number of carbonyl (C=O) groups excluding carboxylic acids is 1. The van der Waals surface area contributed by atoms with E-state index in [1.54, 1.807) is 14.1 Å². The van der Waals surface area contributed by atoms with Gasteiger partial charge in [0.05, 0.1) is 13.2 Å². The first-order valence-electron chi connectivity index (χ1n) is 3.66. The minimum absolute atomic E-state index is 0.272. The van der Waals surface area contributed by atoms with Gasteiger partial charge in [0.15, 0.2) is 0 Å². The van der Waals surface area contributed by atoms with Gasteiger partial charge in [-0.05, 0) is 0 Å². The van der Waals surface area contributed by atoms with E-state index in [-0.39, 0.29) is 12.7 Å². The van der Waals surface area contributed by atoms with Crippen LogP contribution in [-0.2, 0) is 9.47 Å². The van der Waals surface area contributed by atoms with Gasteiger partial charge >= 0.3 is 6.09 Å². The zero-order valence-electron chi connectivity index (χ0n) is 7.38. The van der Waals surface area contributed by atoms with Crippen LogP contribution in [0, 0.1) is 0 Å². The van der Waals surface area contributed by atoms with Gasteiger partial charge in [-0.15, -0.1) is 11.6 Å². The molecule has 0 radical (unpaired) electrons. The van der Waals surface area contributed by atoms with E-state index in [1.165, 1.54) is 4.90 Å². The fourth-order valence-electron chi connectivity index (χ4n) is 0.474. The predicted molar refractivity (Wildman–Crippen MR) is 46.6 cm³/mol. The average Bonchev–Trinajstić information content (AvgIpc) is 2.03. The molecule has 0 N–H and O–H groups in total. The van der Waals surface area contributed by atoms with Gasteiger partial charge < -0.3 is 14.4 Å². The number of nitrogens with zero attached hydrogens (tertiary/aromatic N) is 1. The van der Waals surface area contributed by atoms with E-state index in [9.17, 15) is 4.79 Å². The molecule has 0 aromatic rings. The van der Waals surface area contributed by atoms with Crippen LogP contribution in [-0.4, -0.2) is 50.8 Å². The van der Waals surface area contributed by atoms with Crippen LogP contribution in [0.25, 0.3) is 0 Å². The summed E-state index contributed by atoms with van der Waals surface area (Å²) in [5.74, 6) is 0.460. The maximum atomic E-state index is 10.8. The molecule has 0 aliphatic heterocycles. The normalized spacial score (nSPS) is 9.58. The molecular weight excluding hydrogens is 182 g/mol. The van der Waals surface area contributed by atoms with Crippen LogP contribution >= 0.6 is 11.6 Å². The van der Waals surface area contributed by atoms with E-state index in [4.69, 9.17) is 21.1 Å². The third-order valence-corrected chi connectivity index (χ3v) is 1.19. The summed E-state index contributed by atoms with van der Waals surface area (Å²) in [6.45, 7) is 1.15. The highest BCUT2D eigenvalue weighted by atomic mass is 35.5. The second-order valence-electron chi connectivity index (χ2n) is 2.31. The minimum atomic E-state index is -0.357. The van der Waals surface area contributed by atoms with Gasteiger partial charge in [-0.1, -0.05) is 0 Å². The smallest absolute Gasteiger partial charge is 0.409 e. The fourth-order valence-corrected chi connectivity index (χ4v) is 0.583. The number of rotatable bonds is 5. The van der Waals surface area contributed by atoms with Crippen LogP contribution in [0.2, 0.25) is 0 Å². The van der Waals surface area contributed by atoms with E-state index < -0.39 is 0 Å². The van der Waals surface area contributed by atoms with Crippen molar-refractivity contribution in [3.8, 4) is 0 Å². The molecule has 0 saturated carbocycles. The average molecular weight is 196 g/mol. The number of carbonyl (C=O) groups is 1. The predicted octanol–water partition coefficient (Wildman–Crippen LogP) is 0.940. The molecule has 0 spiro atoms. The molecule has 0 aliphatic carbocycles. The van der Waals surface area contributed by atoms with E-state index in [0.29, 0.717) is 19.1 Å². The SMILES string of the molecule is CN(C)C(=O)OCCOCCCl. The standard InChI is InChI=1S/C7H14ClNO3/c1-9(2)7(10)12-6-5-11-4-3-8/h3-6H2,1-2H3. The van der Waals surface area contributed by atoms with Crippen molar-refractivity contribution in [2.24, 2.45) is 0 Å². The Morgan fingerprint density at radius 3 is 2.50 bits per heavy atom. The number of hydrogen-bond acceptors (Lipinski definition) is 3. The zero-order valence-corrected chi connectivity index (χ0v) is 8.13. The fraction of sp³-hybridized carbons (Fsp3) is 0.857. The zero-order chi connectivity index (χ0) is 9.40. The summed E-state index contributed by atoms with van der Waals surface area (Å²) in [6.07, 6.45) is -0.357. The first kappa shape index (κ1) is 11.5. The summed E-state index contributed by atoms with van der Waals surface area (Å²) in [4.78, 5) is 12.2. The van der Waals surface area contributed by atoms with E-state index in [0.717, 1.165) is 0 Å². The van der Waals surface area contributed by atoms with Crippen molar-refractivity contribution in [2.75, 3.05) is 39.8 Å². The highest BCUT2D eigenvalue weighted by molar-refractivity contribution is 6.17. The summed E-state index contributed by atoms with van der Waals surface area (Å²) >= 11 is 5.35. The van der Waals surface area contributed by atoms with Gasteiger partial charge in [-0.25, -0.2) is 4.79 Å². The molecule has 0 heterocycles. The molecule has 0 aromatic carbocycles. The molecule has 0 bridgehead atoms. The molecule has 4 nitrogen and oxygen atoms in total. The van der Waals surface area contributed by atoms with Gasteiger partial charge in [0, 0.05) is 20.0 Å². The van der Waals surface area contributed by atoms with Gasteiger partial charge in [-0.2, -0.15) is 0 Å². The maximum Gasteiger partial charge on any atom is 0.409 e. The second kappa shape index (κ2) is 7.18. The van der Waals surface area contributed by atoms with Crippen LogP contribution in [0.1, 0.15) is 0 Å². The monoisotopic (exact) mass is 195 g/mol. The topological polar surface area (TPSA) is 38.8 Å². The van der Waals surface area contributed by atoms with Crippen molar-refractivity contribution in [2.45, 2.75) is 0 Å². The molecule has 12 heavy (non-hydrogen) atoms. The Balaban J connectivity index is 3.14. The van der Waals surface area contributed by atoms with Crippen LogP contribution in [0.4, 0.5) is 4.79 Å².